The minimum Gasteiger partial charge on any atom is -0.365 e. The summed E-state index contributed by atoms with van der Waals surface area (Å²) in [6.45, 7) is 3.79. The number of rotatable bonds is 4. The van der Waals surface area contributed by atoms with E-state index in [1.54, 1.807) is 26.0 Å². The summed E-state index contributed by atoms with van der Waals surface area (Å²) >= 11 is 5.94. The third kappa shape index (κ3) is 3.46. The van der Waals surface area contributed by atoms with Crippen molar-refractivity contribution in [1.82, 2.24) is 4.98 Å². The van der Waals surface area contributed by atoms with Crippen molar-refractivity contribution in [3.8, 4) is 0 Å². The van der Waals surface area contributed by atoms with Gasteiger partial charge < -0.3 is 5.32 Å². The Kier molecular flexibility index (Phi) is 4.37. The molecule has 0 aliphatic heterocycles. The number of anilines is 1. The van der Waals surface area contributed by atoms with Crippen molar-refractivity contribution in [3.63, 3.8) is 0 Å². The van der Waals surface area contributed by atoms with Crippen molar-refractivity contribution in [3.05, 3.63) is 62.0 Å². The van der Waals surface area contributed by atoms with Gasteiger partial charge in [0, 0.05) is 12.6 Å². The van der Waals surface area contributed by atoms with E-state index in [0.717, 1.165) is 11.8 Å². The van der Waals surface area contributed by atoms with Gasteiger partial charge in [-0.15, -0.1) is 0 Å². The number of nitrogens with one attached hydrogen (secondary N) is 1. The van der Waals surface area contributed by atoms with Gasteiger partial charge in [-0.1, -0.05) is 23.7 Å². The van der Waals surface area contributed by atoms with Gasteiger partial charge in [0.1, 0.15) is 17.8 Å². The Morgan fingerprint density at radius 1 is 1.33 bits per heavy atom. The highest BCUT2D eigenvalue weighted by molar-refractivity contribution is 6.33. The summed E-state index contributed by atoms with van der Waals surface area (Å²) in [5, 5.41) is 13.7. The Bertz CT molecular complexity index is 684. The fraction of sp³-hybridized carbons (Fsp3) is 0.214. The molecule has 0 atom stereocenters. The summed E-state index contributed by atoms with van der Waals surface area (Å²) in [4.78, 5) is 14.0. The Balaban J connectivity index is 2.15. The number of aromatic nitrogens is 1. The first kappa shape index (κ1) is 15.2. The van der Waals surface area contributed by atoms with E-state index in [2.05, 4.69) is 10.3 Å². The zero-order valence-corrected chi connectivity index (χ0v) is 12.2. The molecule has 0 radical (unpaired) electrons. The predicted molar refractivity (Wildman–Crippen MR) is 79.1 cm³/mol. The lowest BCUT2D eigenvalue weighted by atomic mass is 10.1. The van der Waals surface area contributed by atoms with Crippen molar-refractivity contribution in [2.45, 2.75) is 20.4 Å². The molecule has 7 heteroatoms. The number of pyridine rings is 1. The maximum Gasteiger partial charge on any atom is 0.289 e. The average molecular weight is 310 g/mol. The zero-order valence-electron chi connectivity index (χ0n) is 11.5. The van der Waals surface area contributed by atoms with Crippen LogP contribution in [0.2, 0.25) is 5.02 Å². The lowest BCUT2D eigenvalue weighted by molar-refractivity contribution is -0.385. The van der Waals surface area contributed by atoms with Crippen LogP contribution in [0.1, 0.15) is 16.7 Å². The first-order valence-electron chi connectivity index (χ1n) is 6.18. The molecule has 1 aromatic carbocycles. The van der Waals surface area contributed by atoms with Crippen molar-refractivity contribution < 1.29 is 9.31 Å². The second-order valence-corrected chi connectivity index (χ2v) is 5.09. The molecule has 0 unspecified atom stereocenters. The molecule has 1 heterocycles. The highest BCUT2D eigenvalue weighted by atomic mass is 35.5. The fourth-order valence-corrected chi connectivity index (χ4v) is 2.21. The van der Waals surface area contributed by atoms with Crippen molar-refractivity contribution >= 4 is 23.1 Å². The third-order valence-electron chi connectivity index (χ3n) is 2.99. The molecule has 0 spiro atoms. The Labute approximate surface area is 125 Å². The zero-order chi connectivity index (χ0) is 15.6. The summed E-state index contributed by atoms with van der Waals surface area (Å²) in [5.74, 6) is 0.132. The van der Waals surface area contributed by atoms with Gasteiger partial charge >= 0.3 is 0 Å². The second-order valence-electron chi connectivity index (χ2n) is 4.68. The molecule has 0 saturated heterocycles. The van der Waals surface area contributed by atoms with Crippen molar-refractivity contribution in [2.24, 2.45) is 0 Å². The van der Waals surface area contributed by atoms with Crippen molar-refractivity contribution in [1.29, 1.82) is 0 Å². The Hall–Kier alpha value is -2.21. The lowest BCUT2D eigenvalue weighted by Gasteiger charge is -2.09. The molecule has 0 saturated carbocycles. The van der Waals surface area contributed by atoms with E-state index in [4.69, 9.17) is 11.6 Å². The highest BCUT2D eigenvalue weighted by Crippen LogP contribution is 2.24. The molecule has 0 fully saturated rings. The van der Waals surface area contributed by atoms with E-state index < -0.39 is 4.92 Å². The van der Waals surface area contributed by atoms with Crippen LogP contribution in [-0.2, 0) is 6.54 Å². The molecule has 2 rings (SSSR count). The van der Waals surface area contributed by atoms with E-state index >= 15 is 0 Å². The summed E-state index contributed by atoms with van der Waals surface area (Å²) in [6.07, 6.45) is 1.13. The van der Waals surface area contributed by atoms with Gasteiger partial charge in [-0.05, 0) is 30.5 Å². The normalized spacial score (nSPS) is 10.5. The maximum atomic E-state index is 13.5. The first-order valence-corrected chi connectivity index (χ1v) is 6.55. The molecule has 21 heavy (non-hydrogen) atoms. The molecule has 110 valence electrons. The van der Waals surface area contributed by atoms with Crippen LogP contribution in [0, 0.1) is 29.8 Å². The molecular weight excluding hydrogens is 297 g/mol. The van der Waals surface area contributed by atoms with Crippen LogP contribution in [0.25, 0.3) is 0 Å². The summed E-state index contributed by atoms with van der Waals surface area (Å²) in [5.41, 5.74) is 1.84. The van der Waals surface area contributed by atoms with Crippen LogP contribution in [0.4, 0.5) is 15.9 Å². The molecule has 0 aliphatic rings. The third-order valence-corrected chi connectivity index (χ3v) is 3.28. The molecule has 1 N–H and O–H groups in total. The Morgan fingerprint density at radius 2 is 1.95 bits per heavy atom. The average Bonchev–Trinajstić information content (AvgIpc) is 2.43. The topological polar surface area (TPSA) is 68.1 Å². The number of aryl methyl sites for hydroxylation is 2. The molecule has 0 bridgehead atoms. The van der Waals surface area contributed by atoms with Crippen LogP contribution in [0.3, 0.4) is 0 Å². The van der Waals surface area contributed by atoms with E-state index in [-0.39, 0.29) is 16.5 Å². The number of hydrogen-bond donors (Lipinski definition) is 1. The largest absolute Gasteiger partial charge is 0.365 e. The van der Waals surface area contributed by atoms with E-state index in [9.17, 15) is 14.5 Å². The van der Waals surface area contributed by atoms with Crippen LogP contribution in [0.15, 0.2) is 24.4 Å². The van der Waals surface area contributed by atoms with E-state index in [1.165, 1.54) is 6.07 Å². The molecule has 0 amide bonds. The van der Waals surface area contributed by atoms with Gasteiger partial charge in [0.05, 0.1) is 9.95 Å². The van der Waals surface area contributed by atoms with Gasteiger partial charge in [0.25, 0.3) is 5.69 Å². The fourth-order valence-electron chi connectivity index (χ4n) is 1.98. The van der Waals surface area contributed by atoms with Crippen LogP contribution in [-0.4, -0.2) is 9.91 Å². The molecule has 2 aromatic rings. The number of hydrogen-bond acceptors (Lipinski definition) is 4. The number of nitrogens with zero attached hydrogens (tertiary/aromatic N) is 2. The highest BCUT2D eigenvalue weighted by Gasteiger charge is 2.11. The standard InChI is InChI=1S/C14H13ClFN3O2/c1-8-3-10(4-9(2)13(8)16)6-17-14-12(15)5-11(7-18-14)19(20)21/h3-5,7H,6H2,1-2H3,(H,17,18). The second kappa shape index (κ2) is 6.05. The maximum absolute atomic E-state index is 13.5. The van der Waals surface area contributed by atoms with Crippen LogP contribution >= 0.6 is 11.6 Å². The summed E-state index contributed by atoms with van der Waals surface area (Å²) < 4.78 is 13.5. The molecule has 0 aliphatic carbocycles. The molecular formula is C14H13ClFN3O2. The predicted octanol–water partition coefficient (Wildman–Crippen LogP) is 4.01. The van der Waals surface area contributed by atoms with Gasteiger partial charge in [0.2, 0.25) is 0 Å². The number of benzene rings is 1. The SMILES string of the molecule is Cc1cc(CNc2ncc([N+](=O)[O-])cc2Cl)cc(C)c1F. The van der Waals surface area contributed by atoms with E-state index in [0.29, 0.717) is 23.5 Å². The van der Waals surface area contributed by atoms with Gasteiger partial charge in [-0.25, -0.2) is 9.37 Å². The molecule has 5 nitrogen and oxygen atoms in total. The minimum absolute atomic E-state index is 0.166. The minimum atomic E-state index is -0.560. The number of halogens is 2. The summed E-state index contributed by atoms with van der Waals surface area (Å²) in [6, 6.07) is 4.70. The first-order chi connectivity index (χ1) is 9.88. The van der Waals surface area contributed by atoms with Gasteiger partial charge in [-0.2, -0.15) is 0 Å². The smallest absolute Gasteiger partial charge is 0.289 e. The Morgan fingerprint density at radius 3 is 2.48 bits per heavy atom. The van der Waals surface area contributed by atoms with Crippen LogP contribution < -0.4 is 5.32 Å². The van der Waals surface area contributed by atoms with Gasteiger partial charge in [-0.3, -0.25) is 10.1 Å². The van der Waals surface area contributed by atoms with Crippen LogP contribution in [0.5, 0.6) is 0 Å². The van der Waals surface area contributed by atoms with Crippen molar-refractivity contribution in [2.75, 3.05) is 5.32 Å². The number of nitro groups is 1. The van der Waals surface area contributed by atoms with E-state index in [1.807, 2.05) is 0 Å². The van der Waals surface area contributed by atoms with Gasteiger partial charge in [0.15, 0.2) is 0 Å². The molecule has 1 aromatic heterocycles. The monoisotopic (exact) mass is 309 g/mol. The lowest BCUT2D eigenvalue weighted by Crippen LogP contribution is -2.04. The summed E-state index contributed by atoms with van der Waals surface area (Å²) in [7, 11) is 0. The quantitative estimate of drug-likeness (QED) is 0.684.